The smallest absolute Gasteiger partial charge is 0.132 e. The van der Waals surface area contributed by atoms with Gasteiger partial charge in [-0.05, 0) is 97.3 Å². The minimum absolute atomic E-state index is 0.239. The van der Waals surface area contributed by atoms with Gasteiger partial charge in [-0.3, -0.25) is 0 Å². The van der Waals surface area contributed by atoms with Crippen LogP contribution in [0.5, 0.6) is 11.5 Å². The van der Waals surface area contributed by atoms with Crippen molar-refractivity contribution in [3.05, 3.63) is 56.9 Å². The van der Waals surface area contributed by atoms with Gasteiger partial charge >= 0.3 is 0 Å². The Bertz CT molecular complexity index is 881. The quantitative estimate of drug-likeness (QED) is 0.251. The van der Waals surface area contributed by atoms with Crippen LogP contribution in [0.15, 0.2) is 41.6 Å². The summed E-state index contributed by atoms with van der Waals surface area (Å²) in [6.07, 6.45) is 2.89. The van der Waals surface area contributed by atoms with Gasteiger partial charge in [0.05, 0.1) is 23.5 Å². The number of benzene rings is 2. The summed E-state index contributed by atoms with van der Waals surface area (Å²) in [6.45, 7) is 5.37. The van der Waals surface area contributed by atoms with Gasteiger partial charge in [0.25, 0.3) is 0 Å². The summed E-state index contributed by atoms with van der Waals surface area (Å²) in [5.74, 6) is 1.85. The molecule has 1 aliphatic rings. The molecule has 0 amide bonds. The van der Waals surface area contributed by atoms with Crippen molar-refractivity contribution < 1.29 is 18.7 Å². The highest BCUT2D eigenvalue weighted by molar-refractivity contribution is 14.1. The topological polar surface area (TPSA) is 43.3 Å². The molecule has 31 heavy (non-hydrogen) atoms. The van der Waals surface area contributed by atoms with Gasteiger partial charge in [-0.15, -0.1) is 0 Å². The first-order valence-corrected chi connectivity index (χ1v) is 11.7. The zero-order valence-electron chi connectivity index (χ0n) is 18.4. The van der Waals surface area contributed by atoms with E-state index in [0.29, 0.717) is 12.5 Å². The average molecular weight is 540 g/mol. The molecule has 0 saturated carbocycles. The highest BCUT2D eigenvalue weighted by Crippen LogP contribution is 2.31. The van der Waals surface area contributed by atoms with Crippen LogP contribution in [0, 0.1) is 15.3 Å². The molecule has 0 radical (unpaired) electrons. The largest absolute Gasteiger partial charge is 0.496 e. The molecule has 5 nitrogen and oxygen atoms in total. The highest BCUT2D eigenvalue weighted by Gasteiger charge is 2.25. The van der Waals surface area contributed by atoms with Crippen LogP contribution in [0.2, 0.25) is 0 Å². The monoisotopic (exact) mass is 540 g/mol. The zero-order valence-corrected chi connectivity index (χ0v) is 20.5. The molecule has 7 heteroatoms. The molecular weight excluding hydrogens is 510 g/mol. The maximum absolute atomic E-state index is 13.3. The van der Waals surface area contributed by atoms with E-state index in [4.69, 9.17) is 14.3 Å². The Kier molecular flexibility index (Phi) is 8.95. The molecule has 0 unspecified atom stereocenters. The van der Waals surface area contributed by atoms with E-state index >= 15 is 0 Å². The van der Waals surface area contributed by atoms with Gasteiger partial charge in [0, 0.05) is 12.5 Å². The number of ether oxygens (including phenoxy) is 2. The van der Waals surface area contributed by atoms with Crippen LogP contribution >= 0.6 is 22.6 Å². The van der Waals surface area contributed by atoms with Crippen molar-refractivity contribution in [2.24, 2.45) is 11.1 Å². The van der Waals surface area contributed by atoms with Crippen molar-refractivity contribution in [1.29, 1.82) is 0 Å². The Hall–Kier alpha value is -1.87. The van der Waals surface area contributed by atoms with Crippen molar-refractivity contribution in [2.75, 3.05) is 40.5 Å². The van der Waals surface area contributed by atoms with Crippen molar-refractivity contribution in [1.82, 2.24) is 4.90 Å². The molecule has 2 aromatic rings. The number of hydrogen-bond donors (Lipinski definition) is 0. The first-order chi connectivity index (χ1) is 15.0. The SMILES string of the molecule is CCO/N=C(\c1ccc(F)cc1)C1CCN(CCc2cc(OC)c(I)cc2OC)CC1. The molecule has 0 spiro atoms. The van der Waals surface area contributed by atoms with Crippen molar-refractivity contribution in [3.63, 3.8) is 0 Å². The van der Waals surface area contributed by atoms with Gasteiger partial charge < -0.3 is 19.2 Å². The molecule has 0 aromatic heterocycles. The lowest BCUT2D eigenvalue weighted by Gasteiger charge is -2.32. The Morgan fingerprint density at radius 1 is 1.10 bits per heavy atom. The average Bonchev–Trinajstić information content (AvgIpc) is 2.80. The van der Waals surface area contributed by atoms with Crippen molar-refractivity contribution >= 4 is 28.3 Å². The Morgan fingerprint density at radius 3 is 2.39 bits per heavy atom. The third-order valence-corrected chi connectivity index (χ3v) is 6.50. The van der Waals surface area contributed by atoms with Crippen LogP contribution in [-0.4, -0.2) is 51.1 Å². The fraction of sp³-hybridized carbons (Fsp3) is 0.458. The van der Waals surface area contributed by atoms with Crippen LogP contribution in [0.4, 0.5) is 4.39 Å². The zero-order chi connectivity index (χ0) is 22.2. The fourth-order valence-electron chi connectivity index (χ4n) is 3.95. The lowest BCUT2D eigenvalue weighted by atomic mass is 9.88. The number of methoxy groups -OCH3 is 2. The summed E-state index contributed by atoms with van der Waals surface area (Å²) in [5, 5.41) is 4.38. The number of halogens is 2. The van der Waals surface area contributed by atoms with E-state index < -0.39 is 0 Å². The second-order valence-corrected chi connectivity index (χ2v) is 8.73. The van der Waals surface area contributed by atoms with E-state index in [-0.39, 0.29) is 5.82 Å². The van der Waals surface area contributed by atoms with Crippen molar-refractivity contribution in [2.45, 2.75) is 26.2 Å². The molecule has 0 aliphatic carbocycles. The number of piperidine rings is 1. The molecule has 1 aliphatic heterocycles. The number of oxime groups is 1. The predicted octanol–water partition coefficient (Wildman–Crippen LogP) is 5.14. The lowest BCUT2D eigenvalue weighted by molar-refractivity contribution is 0.153. The molecule has 168 valence electrons. The van der Waals surface area contributed by atoms with E-state index in [1.54, 1.807) is 26.4 Å². The van der Waals surface area contributed by atoms with Gasteiger partial charge in [-0.1, -0.05) is 17.3 Å². The van der Waals surface area contributed by atoms with Gasteiger partial charge in [0.2, 0.25) is 0 Å². The Labute approximate surface area is 197 Å². The molecule has 1 heterocycles. The maximum Gasteiger partial charge on any atom is 0.132 e. The van der Waals surface area contributed by atoms with Crippen molar-refractivity contribution in [3.8, 4) is 11.5 Å². The molecule has 0 bridgehead atoms. The van der Waals surface area contributed by atoms with Gasteiger partial charge in [0.1, 0.15) is 23.9 Å². The summed E-state index contributed by atoms with van der Waals surface area (Å²) in [6, 6.07) is 10.6. The molecule has 0 N–H and O–H groups in total. The third-order valence-electron chi connectivity index (χ3n) is 5.66. The number of nitrogens with zero attached hydrogens (tertiary/aromatic N) is 2. The number of likely N-dealkylation sites (tertiary alicyclic amines) is 1. The predicted molar refractivity (Wildman–Crippen MR) is 130 cm³/mol. The van der Waals surface area contributed by atoms with Gasteiger partial charge in [-0.2, -0.15) is 0 Å². The second-order valence-electron chi connectivity index (χ2n) is 7.57. The fourth-order valence-corrected chi connectivity index (χ4v) is 4.60. The van der Waals surface area contributed by atoms with Gasteiger partial charge in [-0.25, -0.2) is 4.39 Å². The molecule has 0 atom stereocenters. The van der Waals surface area contributed by atoms with E-state index in [1.165, 1.54) is 12.1 Å². The molecular formula is C24H30FIN2O3. The standard InChI is InChI=1S/C24H30FIN2O3/c1-4-31-27-24(17-5-7-20(25)8-6-17)18-9-12-28(13-10-18)14-11-19-15-23(30-3)21(26)16-22(19)29-2/h5-8,15-16,18H,4,9-14H2,1-3H3/b27-24+. The summed E-state index contributed by atoms with van der Waals surface area (Å²) < 4.78 is 25.4. The summed E-state index contributed by atoms with van der Waals surface area (Å²) in [7, 11) is 3.41. The number of rotatable bonds is 9. The van der Waals surface area contributed by atoms with E-state index in [9.17, 15) is 4.39 Å². The maximum atomic E-state index is 13.3. The van der Waals surface area contributed by atoms with E-state index in [1.807, 2.05) is 13.0 Å². The second kappa shape index (κ2) is 11.7. The Balaban J connectivity index is 1.61. The van der Waals surface area contributed by atoms with Gasteiger partial charge in [0.15, 0.2) is 0 Å². The first-order valence-electron chi connectivity index (χ1n) is 10.6. The molecule has 1 saturated heterocycles. The van der Waals surface area contributed by atoms with Crippen LogP contribution in [-0.2, 0) is 11.3 Å². The van der Waals surface area contributed by atoms with Crippen LogP contribution in [0.3, 0.4) is 0 Å². The highest BCUT2D eigenvalue weighted by atomic mass is 127. The Morgan fingerprint density at radius 2 is 1.77 bits per heavy atom. The first kappa shape index (κ1) is 23.8. The summed E-state index contributed by atoms with van der Waals surface area (Å²) in [5.41, 5.74) is 3.02. The van der Waals surface area contributed by atoms with Crippen LogP contribution < -0.4 is 9.47 Å². The van der Waals surface area contributed by atoms with E-state index in [2.05, 4.69) is 38.7 Å². The molecule has 1 fully saturated rings. The minimum atomic E-state index is -0.239. The number of hydrogen-bond acceptors (Lipinski definition) is 5. The summed E-state index contributed by atoms with van der Waals surface area (Å²) >= 11 is 2.26. The minimum Gasteiger partial charge on any atom is -0.496 e. The molecule has 3 rings (SSSR count). The lowest BCUT2D eigenvalue weighted by Crippen LogP contribution is -2.37. The third kappa shape index (κ3) is 6.32. The summed E-state index contributed by atoms with van der Waals surface area (Å²) in [4.78, 5) is 7.85. The van der Waals surface area contributed by atoms with Crippen LogP contribution in [0.1, 0.15) is 30.9 Å². The normalized spacial score (nSPS) is 15.7. The van der Waals surface area contributed by atoms with Crippen LogP contribution in [0.25, 0.3) is 0 Å². The molecule has 2 aromatic carbocycles. The van der Waals surface area contributed by atoms with E-state index in [0.717, 1.165) is 70.8 Å².